The third-order valence-corrected chi connectivity index (χ3v) is 8.48. The second-order valence-corrected chi connectivity index (χ2v) is 11.2. The minimum atomic E-state index is -0.280. The highest BCUT2D eigenvalue weighted by Crippen LogP contribution is 2.52. The maximum absolute atomic E-state index is 12.8. The molecule has 3 unspecified atom stereocenters. The first kappa shape index (κ1) is 26.8. The van der Waals surface area contributed by atoms with Gasteiger partial charge in [0.1, 0.15) is 0 Å². The number of amides is 2. The lowest BCUT2D eigenvalue weighted by Crippen LogP contribution is -2.44. The summed E-state index contributed by atoms with van der Waals surface area (Å²) in [6, 6.07) is 1.99. The number of hydrogen-bond donors (Lipinski definition) is 1. The average molecular weight is 547 g/mol. The van der Waals surface area contributed by atoms with E-state index in [0.29, 0.717) is 47.3 Å². The van der Waals surface area contributed by atoms with Crippen LogP contribution >= 0.6 is 11.6 Å². The lowest BCUT2D eigenvalue weighted by atomic mass is 9.76. The highest BCUT2D eigenvalue weighted by Gasteiger charge is 2.59. The second-order valence-electron chi connectivity index (χ2n) is 10.7. The minimum Gasteiger partial charge on any atom is -0.348 e. The van der Waals surface area contributed by atoms with Crippen LogP contribution in [0.1, 0.15) is 60.9 Å². The lowest BCUT2D eigenvalue weighted by molar-refractivity contribution is -0.119. The topological polar surface area (TPSA) is 130 Å². The zero-order valence-electron chi connectivity index (χ0n) is 22.2. The number of aryl methyl sites for hydroxylation is 1. The normalized spacial score (nSPS) is 26.9. The Morgan fingerprint density at radius 3 is 2.79 bits per heavy atom. The van der Waals surface area contributed by atoms with Crippen molar-refractivity contribution < 1.29 is 9.59 Å². The van der Waals surface area contributed by atoms with E-state index in [-0.39, 0.29) is 35.5 Å². The summed E-state index contributed by atoms with van der Waals surface area (Å²) in [5.74, 6) is 1.60. The Hall–Kier alpha value is -3.84. The molecule has 0 radical (unpaired) electrons. The molecule has 4 atom stereocenters. The number of piperidine rings is 1. The molecule has 3 fully saturated rings. The molecule has 2 saturated carbocycles. The van der Waals surface area contributed by atoms with Crippen LogP contribution in [-0.2, 0) is 4.79 Å². The van der Waals surface area contributed by atoms with Crippen molar-refractivity contribution in [3.63, 3.8) is 0 Å². The summed E-state index contributed by atoms with van der Waals surface area (Å²) >= 11 is 5.91. The van der Waals surface area contributed by atoms with Crippen LogP contribution in [0.25, 0.3) is 0 Å². The predicted octanol–water partition coefficient (Wildman–Crippen LogP) is 3.87. The maximum Gasteiger partial charge on any atom is 0.273 e. The zero-order chi connectivity index (χ0) is 27.8. The molecule has 3 heterocycles. The molecule has 1 saturated heterocycles. The standard InChI is InChI=1S/C28H31ClN8O2/c1-5-20(29)7-6-18(11-30)8-19-9-21(10-19)33-26(38)24-14-37(35-34-24)17(4)22-12-31-28(32-16(22)3)36-13-23-15(2)25(23)27(36)39/h5-7,12,14-15,17,19,21,23,25H,1,8-10,13H2,2-4H3,(H,33,38)/b18-6+,20-7+/t15-,17?,19-,21+,23?,25?/m1/s1. The number of anilines is 1. The number of halogens is 1. The molecule has 5 rings (SSSR count). The molecular weight excluding hydrogens is 516 g/mol. The van der Waals surface area contributed by atoms with E-state index in [1.165, 1.54) is 6.08 Å². The van der Waals surface area contributed by atoms with Crippen LogP contribution in [0.15, 0.2) is 47.8 Å². The molecular formula is C28H31ClN8O2. The Kier molecular flexibility index (Phi) is 7.36. The largest absolute Gasteiger partial charge is 0.348 e. The Balaban J connectivity index is 1.15. The van der Waals surface area contributed by atoms with E-state index in [9.17, 15) is 14.9 Å². The monoisotopic (exact) mass is 546 g/mol. The number of aromatic nitrogens is 5. The number of carbonyl (C=O) groups is 2. The van der Waals surface area contributed by atoms with Crippen molar-refractivity contribution in [1.82, 2.24) is 30.3 Å². The fraction of sp³-hybridized carbons (Fsp3) is 0.464. The molecule has 202 valence electrons. The second kappa shape index (κ2) is 10.7. The SMILES string of the molecule is C=C/C(Cl)=C\C=C(\C#N)C[C@H]1C[C@@H](NC(=O)c2cn(C(C)c3cnc(N4CC5C(C4=O)[C@@H]5C)nc3C)nn2)C1. The Morgan fingerprint density at radius 1 is 1.38 bits per heavy atom. The van der Waals surface area contributed by atoms with E-state index in [2.05, 4.69) is 45.2 Å². The number of fused-ring (bicyclic) bond motifs is 1. The molecule has 2 aliphatic carbocycles. The molecule has 11 heteroatoms. The van der Waals surface area contributed by atoms with Gasteiger partial charge in [0.25, 0.3) is 5.91 Å². The van der Waals surface area contributed by atoms with Gasteiger partial charge in [-0.05, 0) is 63.0 Å². The van der Waals surface area contributed by atoms with Crippen LogP contribution < -0.4 is 10.2 Å². The number of hydrogen-bond acceptors (Lipinski definition) is 7. The predicted molar refractivity (Wildman–Crippen MR) is 146 cm³/mol. The van der Waals surface area contributed by atoms with Crippen LogP contribution in [0.4, 0.5) is 5.95 Å². The Labute approximate surface area is 232 Å². The molecule has 2 aromatic heterocycles. The Morgan fingerprint density at radius 2 is 2.15 bits per heavy atom. The number of allylic oxidation sites excluding steroid dienone is 5. The summed E-state index contributed by atoms with van der Waals surface area (Å²) in [7, 11) is 0. The van der Waals surface area contributed by atoms with Crippen LogP contribution in [0.3, 0.4) is 0 Å². The van der Waals surface area contributed by atoms with E-state index in [1.54, 1.807) is 34.1 Å². The molecule has 3 aliphatic rings. The van der Waals surface area contributed by atoms with E-state index in [1.807, 2.05) is 13.8 Å². The first-order valence-electron chi connectivity index (χ1n) is 13.2. The van der Waals surface area contributed by atoms with Gasteiger partial charge < -0.3 is 5.32 Å². The number of nitriles is 1. The van der Waals surface area contributed by atoms with Crippen molar-refractivity contribution >= 4 is 29.4 Å². The summed E-state index contributed by atoms with van der Waals surface area (Å²) in [6.45, 7) is 10.2. The van der Waals surface area contributed by atoms with Crippen molar-refractivity contribution in [3.05, 3.63) is 64.8 Å². The zero-order valence-corrected chi connectivity index (χ0v) is 23.0. The van der Waals surface area contributed by atoms with E-state index < -0.39 is 0 Å². The van der Waals surface area contributed by atoms with Crippen molar-refractivity contribution in [3.8, 4) is 6.07 Å². The van der Waals surface area contributed by atoms with E-state index in [0.717, 1.165) is 24.1 Å². The fourth-order valence-corrected chi connectivity index (χ4v) is 5.66. The van der Waals surface area contributed by atoms with Gasteiger partial charge in [0.15, 0.2) is 5.69 Å². The van der Waals surface area contributed by atoms with Crippen molar-refractivity contribution in [2.45, 2.75) is 52.1 Å². The number of nitrogens with zero attached hydrogens (tertiary/aromatic N) is 7. The van der Waals surface area contributed by atoms with Gasteiger partial charge in [0, 0.05) is 46.6 Å². The van der Waals surface area contributed by atoms with Crippen LogP contribution in [0.2, 0.25) is 0 Å². The quantitative estimate of drug-likeness (QED) is 0.373. The van der Waals surface area contributed by atoms with Gasteiger partial charge in [-0.25, -0.2) is 14.6 Å². The third-order valence-electron chi connectivity index (χ3n) is 8.20. The third kappa shape index (κ3) is 5.36. The fourth-order valence-electron chi connectivity index (χ4n) is 5.60. The van der Waals surface area contributed by atoms with Gasteiger partial charge in [0.05, 0.1) is 18.3 Å². The van der Waals surface area contributed by atoms with Crippen molar-refractivity contribution in [2.24, 2.45) is 23.7 Å². The summed E-state index contributed by atoms with van der Waals surface area (Å²) in [6.07, 6.45) is 10.5. The highest BCUT2D eigenvalue weighted by atomic mass is 35.5. The van der Waals surface area contributed by atoms with E-state index in [4.69, 9.17) is 11.6 Å². The van der Waals surface area contributed by atoms with Crippen molar-refractivity contribution in [1.29, 1.82) is 5.26 Å². The summed E-state index contributed by atoms with van der Waals surface area (Å²) < 4.78 is 1.62. The average Bonchev–Trinajstić information content (AvgIpc) is 3.23. The molecule has 1 N–H and O–H groups in total. The van der Waals surface area contributed by atoms with Crippen molar-refractivity contribution in [2.75, 3.05) is 11.4 Å². The molecule has 1 aliphatic heterocycles. The molecule has 2 amide bonds. The van der Waals surface area contributed by atoms with Gasteiger partial charge >= 0.3 is 0 Å². The number of carbonyl (C=O) groups excluding carboxylic acids is 2. The van der Waals surface area contributed by atoms with Crippen LogP contribution in [0, 0.1) is 41.9 Å². The maximum atomic E-state index is 12.8. The highest BCUT2D eigenvalue weighted by molar-refractivity contribution is 6.31. The van der Waals surface area contributed by atoms with Gasteiger partial charge in [0.2, 0.25) is 11.9 Å². The molecule has 0 spiro atoms. The molecule has 10 nitrogen and oxygen atoms in total. The number of rotatable bonds is 9. The van der Waals surface area contributed by atoms with Gasteiger partial charge in [-0.1, -0.05) is 36.4 Å². The molecule has 0 bridgehead atoms. The van der Waals surface area contributed by atoms with Gasteiger partial charge in [-0.3, -0.25) is 14.5 Å². The smallest absolute Gasteiger partial charge is 0.273 e. The van der Waals surface area contributed by atoms with Crippen LogP contribution in [-0.4, -0.2) is 49.4 Å². The number of nitrogens with one attached hydrogen (secondary N) is 1. The summed E-state index contributed by atoms with van der Waals surface area (Å²) in [5.41, 5.74) is 2.47. The molecule has 39 heavy (non-hydrogen) atoms. The molecule has 2 aromatic rings. The van der Waals surface area contributed by atoms with E-state index >= 15 is 0 Å². The molecule has 0 aromatic carbocycles. The Bertz CT molecular complexity index is 1420. The minimum absolute atomic E-state index is 0.0304. The van der Waals surface area contributed by atoms with Gasteiger partial charge in [-0.2, -0.15) is 5.26 Å². The van der Waals surface area contributed by atoms with Crippen LogP contribution in [0.5, 0.6) is 0 Å². The summed E-state index contributed by atoms with van der Waals surface area (Å²) in [5, 5.41) is 21.1. The summed E-state index contributed by atoms with van der Waals surface area (Å²) in [4.78, 5) is 36.1. The van der Waals surface area contributed by atoms with Gasteiger partial charge in [-0.15, -0.1) is 5.10 Å². The first-order chi connectivity index (χ1) is 18.7. The first-order valence-corrected chi connectivity index (χ1v) is 13.5. The lowest BCUT2D eigenvalue weighted by Gasteiger charge is -2.35.